The first-order chi connectivity index (χ1) is 12.0. The van der Waals surface area contributed by atoms with Crippen LogP contribution in [0.5, 0.6) is 0 Å². The van der Waals surface area contributed by atoms with Crippen molar-refractivity contribution in [1.82, 2.24) is 19.6 Å². The molecule has 3 rings (SSSR count). The van der Waals surface area contributed by atoms with Crippen molar-refractivity contribution in [3.05, 3.63) is 51.8 Å². The van der Waals surface area contributed by atoms with E-state index in [-0.39, 0.29) is 17.2 Å². The van der Waals surface area contributed by atoms with Gasteiger partial charge in [0.1, 0.15) is 11.3 Å². The second-order valence-electron chi connectivity index (χ2n) is 6.03. The summed E-state index contributed by atoms with van der Waals surface area (Å²) in [6.45, 7) is 3.46. The van der Waals surface area contributed by atoms with Crippen molar-refractivity contribution in [2.45, 2.75) is 6.54 Å². The zero-order valence-electron chi connectivity index (χ0n) is 13.9. The Kier molecular flexibility index (Phi) is 5.19. The molecule has 0 aliphatic carbocycles. The van der Waals surface area contributed by atoms with Gasteiger partial charge in [-0.25, -0.2) is 4.79 Å². The highest BCUT2D eigenvalue weighted by molar-refractivity contribution is 9.10. The lowest BCUT2D eigenvalue weighted by Gasteiger charge is -2.34. The summed E-state index contributed by atoms with van der Waals surface area (Å²) in [6, 6.07) is 8.17. The first-order valence-electron chi connectivity index (χ1n) is 7.97. The first kappa shape index (κ1) is 17.6. The number of carboxylic acid groups (broad SMARTS) is 1. The summed E-state index contributed by atoms with van der Waals surface area (Å²) in [4.78, 5) is 27.9. The van der Waals surface area contributed by atoms with E-state index in [4.69, 9.17) is 0 Å². The van der Waals surface area contributed by atoms with E-state index in [2.05, 4.69) is 38.1 Å². The molecule has 1 N–H and O–H groups in total. The molecule has 2 heterocycles. The van der Waals surface area contributed by atoms with Gasteiger partial charge in [-0.2, -0.15) is 5.10 Å². The van der Waals surface area contributed by atoms with E-state index in [1.165, 1.54) is 16.4 Å². The topological polar surface area (TPSA) is 78.7 Å². The van der Waals surface area contributed by atoms with E-state index in [1.807, 2.05) is 12.1 Å². The van der Waals surface area contributed by atoms with Gasteiger partial charge in [0.25, 0.3) is 5.91 Å². The van der Waals surface area contributed by atoms with E-state index in [0.717, 1.165) is 24.1 Å². The molecule has 0 unspecified atom stereocenters. The Morgan fingerprint density at radius 2 is 1.96 bits per heavy atom. The molecule has 0 saturated carbocycles. The molecule has 2 aromatic rings. The van der Waals surface area contributed by atoms with Gasteiger partial charge < -0.3 is 10.0 Å². The second kappa shape index (κ2) is 7.37. The molecule has 0 radical (unpaired) electrons. The largest absolute Gasteiger partial charge is 0.478 e. The highest BCUT2D eigenvalue weighted by Gasteiger charge is 2.28. The molecule has 8 heteroatoms. The molecular weight excluding hydrogens is 388 g/mol. The van der Waals surface area contributed by atoms with Crippen molar-refractivity contribution >= 4 is 27.8 Å². The average Bonchev–Trinajstić information content (AvgIpc) is 2.97. The summed E-state index contributed by atoms with van der Waals surface area (Å²) < 4.78 is 2.39. The maximum Gasteiger partial charge on any atom is 0.339 e. The van der Waals surface area contributed by atoms with Crippen LogP contribution in [0.25, 0.3) is 0 Å². The minimum absolute atomic E-state index is 0.0518. The lowest BCUT2D eigenvalue weighted by Crippen LogP contribution is -2.48. The monoisotopic (exact) mass is 406 g/mol. The van der Waals surface area contributed by atoms with Crippen LogP contribution in [0, 0.1) is 0 Å². The summed E-state index contributed by atoms with van der Waals surface area (Å²) in [6.07, 6.45) is 1.22. The fourth-order valence-corrected chi connectivity index (χ4v) is 3.45. The van der Waals surface area contributed by atoms with Gasteiger partial charge in [-0.1, -0.05) is 28.1 Å². The number of benzene rings is 1. The van der Waals surface area contributed by atoms with Crippen LogP contribution < -0.4 is 0 Å². The molecule has 1 aromatic carbocycles. The van der Waals surface area contributed by atoms with Gasteiger partial charge in [-0.15, -0.1) is 0 Å². The van der Waals surface area contributed by atoms with Crippen molar-refractivity contribution < 1.29 is 14.7 Å². The fourth-order valence-electron chi connectivity index (χ4n) is 3.00. The molecule has 1 aliphatic heterocycles. The number of piperazine rings is 1. The molecule has 1 saturated heterocycles. The highest BCUT2D eigenvalue weighted by Crippen LogP contribution is 2.16. The number of halogens is 1. The Bertz CT molecular complexity index is 797. The number of rotatable bonds is 4. The van der Waals surface area contributed by atoms with Gasteiger partial charge in [-0.05, 0) is 17.7 Å². The molecule has 25 heavy (non-hydrogen) atoms. The van der Waals surface area contributed by atoms with E-state index in [1.54, 1.807) is 11.9 Å². The van der Waals surface area contributed by atoms with Crippen LogP contribution in [0.2, 0.25) is 0 Å². The third-order valence-corrected chi connectivity index (χ3v) is 4.82. The van der Waals surface area contributed by atoms with Crippen molar-refractivity contribution in [2.24, 2.45) is 7.05 Å². The van der Waals surface area contributed by atoms with Crippen LogP contribution in [0.1, 0.15) is 26.4 Å². The summed E-state index contributed by atoms with van der Waals surface area (Å²) in [5, 5.41) is 13.1. The number of hydrogen-bond acceptors (Lipinski definition) is 4. The van der Waals surface area contributed by atoms with Crippen molar-refractivity contribution in [3.63, 3.8) is 0 Å². The van der Waals surface area contributed by atoms with E-state index < -0.39 is 5.97 Å². The first-order valence-corrected chi connectivity index (χ1v) is 8.76. The number of carbonyl (C=O) groups excluding carboxylic acids is 1. The van der Waals surface area contributed by atoms with Crippen molar-refractivity contribution in [3.8, 4) is 0 Å². The van der Waals surface area contributed by atoms with E-state index in [0.29, 0.717) is 13.1 Å². The van der Waals surface area contributed by atoms with Gasteiger partial charge >= 0.3 is 5.97 Å². The fraction of sp³-hybridized carbons (Fsp3) is 0.353. The molecule has 1 aliphatic rings. The number of carboxylic acids is 1. The maximum absolute atomic E-state index is 12.7. The molecule has 0 bridgehead atoms. The predicted molar refractivity (Wildman–Crippen MR) is 95.5 cm³/mol. The van der Waals surface area contributed by atoms with Crippen LogP contribution in [-0.2, 0) is 13.6 Å². The van der Waals surface area contributed by atoms with Crippen molar-refractivity contribution in [1.29, 1.82) is 0 Å². The molecule has 1 amide bonds. The number of nitrogens with zero attached hydrogens (tertiary/aromatic N) is 4. The number of amides is 1. The Balaban J connectivity index is 1.63. The molecule has 0 spiro atoms. The Hall–Kier alpha value is -2.19. The number of carbonyl (C=O) groups is 2. The van der Waals surface area contributed by atoms with Crippen molar-refractivity contribution in [2.75, 3.05) is 26.2 Å². The lowest BCUT2D eigenvalue weighted by molar-refractivity contribution is 0.0599. The lowest BCUT2D eigenvalue weighted by atomic mass is 10.2. The van der Waals surface area contributed by atoms with Gasteiger partial charge in [-0.3, -0.25) is 14.4 Å². The minimum Gasteiger partial charge on any atom is -0.478 e. The average molecular weight is 407 g/mol. The number of aryl methyl sites for hydroxylation is 1. The molecule has 7 nitrogen and oxygen atoms in total. The summed E-state index contributed by atoms with van der Waals surface area (Å²) >= 11 is 3.48. The zero-order chi connectivity index (χ0) is 18.0. The molecule has 1 fully saturated rings. The van der Waals surface area contributed by atoms with Crippen LogP contribution >= 0.6 is 15.9 Å². The third kappa shape index (κ3) is 3.91. The van der Waals surface area contributed by atoms with Gasteiger partial charge in [0.15, 0.2) is 0 Å². The van der Waals surface area contributed by atoms with Gasteiger partial charge in [0, 0.05) is 44.2 Å². The van der Waals surface area contributed by atoms with Gasteiger partial charge in [0.05, 0.1) is 6.20 Å². The predicted octanol–water partition coefficient (Wildman–Crippen LogP) is 1.84. The maximum atomic E-state index is 12.7. The third-order valence-electron chi connectivity index (χ3n) is 4.33. The number of aromatic carboxylic acids is 1. The number of aromatic nitrogens is 2. The summed E-state index contributed by atoms with van der Waals surface area (Å²) in [7, 11) is 1.59. The van der Waals surface area contributed by atoms with Crippen LogP contribution in [-0.4, -0.2) is 62.7 Å². The van der Waals surface area contributed by atoms with Crippen LogP contribution in [0.15, 0.2) is 34.9 Å². The molecular formula is C17H19BrN4O3. The van der Waals surface area contributed by atoms with Crippen LogP contribution in [0.3, 0.4) is 0 Å². The Labute approximate surface area is 154 Å². The highest BCUT2D eigenvalue weighted by atomic mass is 79.9. The van der Waals surface area contributed by atoms with Crippen LogP contribution in [0.4, 0.5) is 0 Å². The zero-order valence-corrected chi connectivity index (χ0v) is 15.4. The standard InChI is InChI=1S/C17H19BrN4O3/c1-20-15(14(10-19-20)17(24)25)16(23)22-7-5-21(6-8-22)11-12-3-2-4-13(18)9-12/h2-4,9-10H,5-8,11H2,1H3,(H,24,25). The normalized spacial score (nSPS) is 15.4. The Morgan fingerprint density at radius 1 is 1.24 bits per heavy atom. The van der Waals surface area contributed by atoms with E-state index >= 15 is 0 Å². The Morgan fingerprint density at radius 3 is 2.60 bits per heavy atom. The quantitative estimate of drug-likeness (QED) is 0.837. The molecule has 1 aromatic heterocycles. The summed E-state index contributed by atoms with van der Waals surface area (Å²) in [5.41, 5.74) is 1.30. The SMILES string of the molecule is Cn1ncc(C(=O)O)c1C(=O)N1CCN(Cc2cccc(Br)c2)CC1. The van der Waals surface area contributed by atoms with E-state index in [9.17, 15) is 14.7 Å². The smallest absolute Gasteiger partial charge is 0.339 e. The number of hydrogen-bond donors (Lipinski definition) is 1. The second-order valence-corrected chi connectivity index (χ2v) is 6.95. The summed E-state index contributed by atoms with van der Waals surface area (Å²) in [5.74, 6) is -1.41. The molecule has 0 atom stereocenters. The molecule has 132 valence electrons. The van der Waals surface area contributed by atoms with Gasteiger partial charge in [0.2, 0.25) is 0 Å². The minimum atomic E-state index is -1.13.